The van der Waals surface area contributed by atoms with E-state index in [1.807, 2.05) is 0 Å². The third-order valence-corrected chi connectivity index (χ3v) is 6.03. The molecule has 4 nitrogen and oxygen atoms in total. The summed E-state index contributed by atoms with van der Waals surface area (Å²) in [5.41, 5.74) is 3.74. The molecular formula is C21H26ClNO3S. The molecule has 1 fully saturated rings. The number of hydrogen-bond donors (Lipinski definition) is 1. The first-order chi connectivity index (χ1) is 12.5. The van der Waals surface area contributed by atoms with Crippen molar-refractivity contribution in [3.8, 4) is 0 Å². The molecule has 0 aromatic heterocycles. The third kappa shape index (κ3) is 5.98. The zero-order chi connectivity index (χ0) is 18.5. The van der Waals surface area contributed by atoms with Crippen molar-refractivity contribution >= 4 is 30.1 Å². The summed E-state index contributed by atoms with van der Waals surface area (Å²) >= 11 is 1.79. The number of aliphatic carboxylic acids is 1. The summed E-state index contributed by atoms with van der Waals surface area (Å²) in [5.74, 6) is -0.749. The van der Waals surface area contributed by atoms with Crippen molar-refractivity contribution in [1.29, 1.82) is 0 Å². The molecule has 0 aliphatic carbocycles. The fourth-order valence-corrected chi connectivity index (χ4v) is 4.16. The van der Waals surface area contributed by atoms with Gasteiger partial charge in [-0.05, 0) is 42.7 Å². The van der Waals surface area contributed by atoms with Gasteiger partial charge in [0.15, 0.2) is 0 Å². The molecule has 0 saturated carbocycles. The molecular weight excluding hydrogens is 382 g/mol. The number of carboxylic acids is 1. The Morgan fingerprint density at radius 1 is 1.19 bits per heavy atom. The highest BCUT2D eigenvalue weighted by atomic mass is 35.5. The number of carboxylic acid groups (broad SMARTS) is 1. The van der Waals surface area contributed by atoms with Crippen LogP contribution in [0.2, 0.25) is 0 Å². The predicted octanol–water partition coefficient (Wildman–Crippen LogP) is 4.72. The van der Waals surface area contributed by atoms with Crippen molar-refractivity contribution in [1.82, 2.24) is 4.90 Å². The van der Waals surface area contributed by atoms with Crippen LogP contribution in [0.1, 0.15) is 29.2 Å². The summed E-state index contributed by atoms with van der Waals surface area (Å²) in [4.78, 5) is 15.5. The van der Waals surface area contributed by atoms with Crippen LogP contribution in [0.3, 0.4) is 0 Å². The van der Waals surface area contributed by atoms with Gasteiger partial charge < -0.3 is 9.84 Å². The number of rotatable bonds is 6. The van der Waals surface area contributed by atoms with Crippen molar-refractivity contribution in [3.05, 3.63) is 59.2 Å². The Kier molecular flexibility index (Phi) is 8.17. The first-order valence-corrected chi connectivity index (χ1v) is 9.74. The van der Waals surface area contributed by atoms with Gasteiger partial charge in [-0.3, -0.25) is 9.69 Å². The second-order valence-electron chi connectivity index (χ2n) is 6.70. The van der Waals surface area contributed by atoms with Gasteiger partial charge in [0.2, 0.25) is 0 Å². The molecule has 2 aromatic carbocycles. The van der Waals surface area contributed by atoms with Crippen molar-refractivity contribution in [2.24, 2.45) is 0 Å². The standard InChI is InChI=1S/C21H25NO3S.ClH/c1-15-4-3-5-16(2)21(15)26-18-8-6-17(7-9-18)19-14-22(12-13-25-19)11-10-20(23)24;/h3-9,19H,10-14H2,1-2H3,(H,23,24);1H. The Balaban J connectivity index is 0.00000261. The van der Waals surface area contributed by atoms with E-state index in [4.69, 9.17) is 9.84 Å². The quantitative estimate of drug-likeness (QED) is 0.750. The van der Waals surface area contributed by atoms with Crippen LogP contribution in [0, 0.1) is 13.8 Å². The zero-order valence-electron chi connectivity index (χ0n) is 15.7. The summed E-state index contributed by atoms with van der Waals surface area (Å²) in [5, 5.41) is 8.86. The molecule has 1 heterocycles. The van der Waals surface area contributed by atoms with Gasteiger partial charge in [-0.2, -0.15) is 0 Å². The highest BCUT2D eigenvalue weighted by molar-refractivity contribution is 7.99. The minimum Gasteiger partial charge on any atom is -0.481 e. The monoisotopic (exact) mass is 407 g/mol. The summed E-state index contributed by atoms with van der Waals surface area (Å²) < 4.78 is 5.90. The lowest BCUT2D eigenvalue weighted by Gasteiger charge is -2.32. The van der Waals surface area contributed by atoms with Crippen molar-refractivity contribution < 1.29 is 14.6 Å². The molecule has 27 heavy (non-hydrogen) atoms. The molecule has 0 bridgehead atoms. The largest absolute Gasteiger partial charge is 0.481 e. The average Bonchev–Trinajstić information content (AvgIpc) is 2.64. The van der Waals surface area contributed by atoms with Gasteiger partial charge in [0.1, 0.15) is 0 Å². The van der Waals surface area contributed by atoms with Crippen molar-refractivity contribution in [2.75, 3.05) is 26.2 Å². The fourth-order valence-electron chi connectivity index (χ4n) is 3.19. The Bertz CT molecular complexity index is 746. The Hall–Kier alpha value is -1.53. The van der Waals surface area contributed by atoms with E-state index in [0.717, 1.165) is 18.7 Å². The van der Waals surface area contributed by atoms with E-state index in [1.165, 1.54) is 20.9 Å². The van der Waals surface area contributed by atoms with E-state index in [-0.39, 0.29) is 24.9 Å². The molecule has 0 radical (unpaired) electrons. The summed E-state index contributed by atoms with van der Waals surface area (Å²) in [7, 11) is 0. The maximum Gasteiger partial charge on any atom is 0.304 e. The molecule has 146 valence electrons. The lowest BCUT2D eigenvalue weighted by Crippen LogP contribution is -2.39. The molecule has 0 amide bonds. The number of morpholine rings is 1. The van der Waals surface area contributed by atoms with Crippen LogP contribution in [0.25, 0.3) is 0 Å². The number of halogens is 1. The number of aryl methyl sites for hydroxylation is 2. The number of nitrogens with zero attached hydrogens (tertiary/aromatic N) is 1. The van der Waals surface area contributed by atoms with Gasteiger partial charge >= 0.3 is 5.97 Å². The van der Waals surface area contributed by atoms with Crippen LogP contribution in [0.15, 0.2) is 52.3 Å². The molecule has 1 N–H and O–H groups in total. The fraction of sp³-hybridized carbons (Fsp3) is 0.381. The molecule has 0 spiro atoms. The minimum absolute atomic E-state index is 0. The van der Waals surface area contributed by atoms with E-state index in [0.29, 0.717) is 13.2 Å². The van der Waals surface area contributed by atoms with Crippen molar-refractivity contribution in [3.63, 3.8) is 0 Å². The molecule has 2 aromatic rings. The number of hydrogen-bond acceptors (Lipinski definition) is 4. The third-order valence-electron chi connectivity index (χ3n) is 4.67. The maximum atomic E-state index is 10.8. The molecule has 1 aliphatic rings. The van der Waals surface area contributed by atoms with Crippen LogP contribution in [-0.2, 0) is 9.53 Å². The SMILES string of the molecule is Cc1cccc(C)c1Sc1ccc(C2CN(CCC(=O)O)CCO2)cc1.Cl. The maximum absolute atomic E-state index is 10.8. The lowest BCUT2D eigenvalue weighted by atomic mass is 10.1. The molecule has 3 rings (SSSR count). The first kappa shape index (κ1) is 21.8. The number of carbonyl (C=O) groups is 1. The summed E-state index contributed by atoms with van der Waals surface area (Å²) in [6.45, 7) is 7.05. The molecule has 1 atom stereocenters. The van der Waals surface area contributed by atoms with Gasteiger partial charge in [0.05, 0.1) is 19.1 Å². The molecule has 6 heteroatoms. The van der Waals surface area contributed by atoms with Gasteiger partial charge in [0.25, 0.3) is 0 Å². The normalized spacial score (nSPS) is 17.3. The smallest absolute Gasteiger partial charge is 0.304 e. The van der Waals surface area contributed by atoms with E-state index < -0.39 is 5.97 Å². The topological polar surface area (TPSA) is 49.8 Å². The van der Waals surface area contributed by atoms with Gasteiger partial charge in [0, 0.05) is 29.4 Å². The number of benzene rings is 2. The van der Waals surface area contributed by atoms with Crippen LogP contribution < -0.4 is 0 Å². The number of ether oxygens (including phenoxy) is 1. The van der Waals surface area contributed by atoms with Crippen LogP contribution in [-0.4, -0.2) is 42.2 Å². The molecule has 1 aliphatic heterocycles. The Morgan fingerprint density at radius 2 is 1.85 bits per heavy atom. The first-order valence-electron chi connectivity index (χ1n) is 8.92. The molecule has 1 saturated heterocycles. The van der Waals surface area contributed by atoms with E-state index >= 15 is 0 Å². The minimum atomic E-state index is -0.749. The van der Waals surface area contributed by atoms with Crippen LogP contribution >= 0.6 is 24.2 Å². The zero-order valence-corrected chi connectivity index (χ0v) is 17.3. The van der Waals surface area contributed by atoms with Gasteiger partial charge in [-0.25, -0.2) is 0 Å². The summed E-state index contributed by atoms with van der Waals surface area (Å²) in [6.07, 6.45) is 0.190. The van der Waals surface area contributed by atoms with Crippen LogP contribution in [0.5, 0.6) is 0 Å². The van der Waals surface area contributed by atoms with E-state index in [2.05, 4.69) is 61.2 Å². The predicted molar refractivity (Wildman–Crippen MR) is 111 cm³/mol. The second kappa shape index (κ2) is 10.1. The van der Waals surface area contributed by atoms with Gasteiger partial charge in [-0.15, -0.1) is 12.4 Å². The summed E-state index contributed by atoms with van der Waals surface area (Å²) in [6, 6.07) is 14.9. The highest BCUT2D eigenvalue weighted by Gasteiger charge is 2.22. The molecule has 1 unspecified atom stereocenters. The lowest BCUT2D eigenvalue weighted by molar-refractivity contribution is -0.137. The second-order valence-corrected chi connectivity index (χ2v) is 7.78. The van der Waals surface area contributed by atoms with Gasteiger partial charge in [-0.1, -0.05) is 42.1 Å². The Labute approximate surface area is 171 Å². The Morgan fingerprint density at radius 3 is 2.48 bits per heavy atom. The van der Waals surface area contributed by atoms with Crippen molar-refractivity contribution in [2.45, 2.75) is 36.2 Å². The van der Waals surface area contributed by atoms with Crippen LogP contribution in [0.4, 0.5) is 0 Å². The highest BCUT2D eigenvalue weighted by Crippen LogP contribution is 2.34. The average molecular weight is 408 g/mol. The van der Waals surface area contributed by atoms with E-state index in [1.54, 1.807) is 11.8 Å². The van der Waals surface area contributed by atoms with E-state index in [9.17, 15) is 4.79 Å².